The van der Waals surface area contributed by atoms with E-state index in [9.17, 15) is 9.59 Å². The number of rotatable bonds is 7. The third-order valence-electron chi connectivity index (χ3n) is 2.08. The van der Waals surface area contributed by atoms with Gasteiger partial charge in [0.25, 0.3) is 0 Å². The topological polar surface area (TPSA) is 61.8 Å². The van der Waals surface area contributed by atoms with E-state index in [1.807, 2.05) is 20.8 Å². The van der Waals surface area contributed by atoms with Crippen LogP contribution in [-0.4, -0.2) is 37.4 Å². The third kappa shape index (κ3) is 7.27. The predicted molar refractivity (Wildman–Crippen MR) is 67.1 cm³/mol. The van der Waals surface area contributed by atoms with Crippen LogP contribution in [0.4, 0.5) is 0 Å². The van der Waals surface area contributed by atoms with Gasteiger partial charge < -0.3 is 14.2 Å². The van der Waals surface area contributed by atoms with Gasteiger partial charge in [0, 0.05) is 6.61 Å². The number of carbonyl (C=O) groups excluding carboxylic acids is 2. The Morgan fingerprint density at radius 2 is 1.44 bits per heavy atom. The molecule has 106 valence electrons. The number of carbonyl (C=O) groups is 2. The molecule has 0 saturated heterocycles. The van der Waals surface area contributed by atoms with Gasteiger partial charge >= 0.3 is 11.9 Å². The maximum Gasteiger partial charge on any atom is 0.320 e. The molecule has 0 radical (unpaired) electrons. The van der Waals surface area contributed by atoms with Gasteiger partial charge in [-0.2, -0.15) is 0 Å². The molecule has 0 aliphatic rings. The van der Waals surface area contributed by atoms with E-state index in [1.165, 1.54) is 0 Å². The minimum Gasteiger partial charge on any atom is -0.465 e. The van der Waals surface area contributed by atoms with Gasteiger partial charge in [0.15, 0.2) is 5.92 Å². The van der Waals surface area contributed by atoms with Gasteiger partial charge in [-0.1, -0.05) is 0 Å². The van der Waals surface area contributed by atoms with Crippen molar-refractivity contribution in [3.63, 3.8) is 0 Å². The monoisotopic (exact) mass is 260 g/mol. The molecule has 5 nitrogen and oxygen atoms in total. The molecule has 0 aliphatic heterocycles. The number of hydrogen-bond acceptors (Lipinski definition) is 5. The van der Waals surface area contributed by atoms with Crippen LogP contribution >= 0.6 is 0 Å². The first kappa shape index (κ1) is 16.9. The highest BCUT2D eigenvalue weighted by molar-refractivity contribution is 5.94. The summed E-state index contributed by atoms with van der Waals surface area (Å²) in [6, 6.07) is 0. The lowest BCUT2D eigenvalue weighted by atomic mass is 10.1. The molecule has 0 rings (SSSR count). The molecule has 0 saturated carbocycles. The van der Waals surface area contributed by atoms with E-state index in [-0.39, 0.29) is 25.2 Å². The average molecular weight is 260 g/mol. The quantitative estimate of drug-likeness (QED) is 0.517. The van der Waals surface area contributed by atoms with Crippen LogP contribution in [0, 0.1) is 5.92 Å². The Hall–Kier alpha value is -1.10. The number of ether oxygens (including phenoxy) is 3. The predicted octanol–water partition coefficient (Wildman–Crippen LogP) is 1.93. The molecule has 0 N–H and O–H groups in total. The van der Waals surface area contributed by atoms with Crippen LogP contribution in [-0.2, 0) is 23.8 Å². The minimum absolute atomic E-state index is 0.245. The molecule has 0 aromatic carbocycles. The van der Waals surface area contributed by atoms with E-state index < -0.39 is 17.9 Å². The van der Waals surface area contributed by atoms with Gasteiger partial charge in [-0.15, -0.1) is 0 Å². The molecule has 0 atom stereocenters. The Bertz CT molecular complexity index is 249. The minimum atomic E-state index is -0.896. The van der Waals surface area contributed by atoms with Crippen molar-refractivity contribution in [1.29, 1.82) is 0 Å². The van der Waals surface area contributed by atoms with Crippen molar-refractivity contribution in [2.45, 2.75) is 46.6 Å². The Labute approximate surface area is 109 Å². The highest BCUT2D eigenvalue weighted by Gasteiger charge is 2.29. The fraction of sp³-hybridized carbons (Fsp3) is 0.846. The van der Waals surface area contributed by atoms with Gasteiger partial charge in [0.1, 0.15) is 0 Å². The van der Waals surface area contributed by atoms with E-state index in [1.54, 1.807) is 13.8 Å². The molecule has 0 fully saturated rings. The molecule has 0 aromatic heterocycles. The van der Waals surface area contributed by atoms with Crippen molar-refractivity contribution in [2.75, 3.05) is 19.8 Å². The summed E-state index contributed by atoms with van der Waals surface area (Å²) < 4.78 is 15.2. The second kappa shape index (κ2) is 8.08. The molecule has 0 spiro atoms. The smallest absolute Gasteiger partial charge is 0.320 e. The zero-order valence-corrected chi connectivity index (χ0v) is 11.9. The Balaban J connectivity index is 4.38. The second-order valence-electron chi connectivity index (χ2n) is 4.81. The number of esters is 2. The van der Waals surface area contributed by atoms with Crippen LogP contribution in [0.25, 0.3) is 0 Å². The first-order chi connectivity index (χ1) is 8.31. The van der Waals surface area contributed by atoms with E-state index >= 15 is 0 Å². The normalized spacial score (nSPS) is 11.4. The molecule has 0 amide bonds. The first-order valence-electron chi connectivity index (χ1n) is 6.29. The number of hydrogen-bond donors (Lipinski definition) is 0. The van der Waals surface area contributed by atoms with Crippen LogP contribution in [0.3, 0.4) is 0 Å². The zero-order valence-electron chi connectivity index (χ0n) is 11.9. The van der Waals surface area contributed by atoms with Crippen LogP contribution in [0.2, 0.25) is 0 Å². The van der Waals surface area contributed by atoms with Crippen LogP contribution in [0.5, 0.6) is 0 Å². The SMILES string of the molecule is CCOC(=O)C(CCOC(C)(C)C)C(=O)OCC. The Morgan fingerprint density at radius 1 is 1.00 bits per heavy atom. The average Bonchev–Trinajstić information content (AvgIpc) is 2.23. The maximum absolute atomic E-state index is 11.6. The van der Waals surface area contributed by atoms with Crippen molar-refractivity contribution in [3.8, 4) is 0 Å². The van der Waals surface area contributed by atoms with Gasteiger partial charge in [-0.3, -0.25) is 9.59 Å². The summed E-state index contributed by atoms with van der Waals surface area (Å²) in [5.41, 5.74) is -0.298. The van der Waals surface area contributed by atoms with E-state index in [0.717, 1.165) is 0 Å². The molecule has 18 heavy (non-hydrogen) atoms. The molecule has 0 aromatic rings. The molecule has 0 heterocycles. The summed E-state index contributed by atoms with van der Waals surface area (Å²) in [5, 5.41) is 0. The highest BCUT2D eigenvalue weighted by Crippen LogP contribution is 2.13. The molecule has 0 unspecified atom stereocenters. The lowest BCUT2D eigenvalue weighted by Crippen LogP contribution is -2.30. The van der Waals surface area contributed by atoms with Crippen molar-refractivity contribution < 1.29 is 23.8 Å². The summed E-state index contributed by atoms with van der Waals surface area (Å²) in [4.78, 5) is 23.3. The highest BCUT2D eigenvalue weighted by atomic mass is 16.6. The lowest BCUT2D eigenvalue weighted by Gasteiger charge is -2.21. The second-order valence-corrected chi connectivity index (χ2v) is 4.81. The van der Waals surface area contributed by atoms with Gasteiger partial charge in [0.2, 0.25) is 0 Å². The maximum atomic E-state index is 11.6. The summed E-state index contributed by atoms with van der Waals surface area (Å²) >= 11 is 0. The summed E-state index contributed by atoms with van der Waals surface area (Å²) in [6.45, 7) is 9.94. The van der Waals surface area contributed by atoms with Crippen molar-refractivity contribution >= 4 is 11.9 Å². The summed E-state index contributed by atoms with van der Waals surface area (Å²) in [6.07, 6.45) is 0.273. The van der Waals surface area contributed by atoms with E-state index in [2.05, 4.69) is 0 Å². The molecule has 0 aliphatic carbocycles. The lowest BCUT2D eigenvalue weighted by molar-refractivity contribution is -0.163. The first-order valence-corrected chi connectivity index (χ1v) is 6.29. The molecular formula is C13H24O5. The van der Waals surface area contributed by atoms with Gasteiger partial charge in [0.05, 0.1) is 18.8 Å². The third-order valence-corrected chi connectivity index (χ3v) is 2.08. The van der Waals surface area contributed by atoms with Crippen LogP contribution < -0.4 is 0 Å². The van der Waals surface area contributed by atoms with E-state index in [4.69, 9.17) is 14.2 Å². The van der Waals surface area contributed by atoms with E-state index in [0.29, 0.717) is 6.61 Å². The zero-order chi connectivity index (χ0) is 14.2. The standard InChI is InChI=1S/C13H24O5/c1-6-16-11(14)10(12(15)17-7-2)8-9-18-13(3,4)5/h10H,6-9H2,1-5H3. The molecular weight excluding hydrogens is 236 g/mol. The fourth-order valence-electron chi connectivity index (χ4n) is 1.30. The Morgan fingerprint density at radius 3 is 1.78 bits per heavy atom. The van der Waals surface area contributed by atoms with Crippen molar-refractivity contribution in [3.05, 3.63) is 0 Å². The van der Waals surface area contributed by atoms with Crippen molar-refractivity contribution in [1.82, 2.24) is 0 Å². The van der Waals surface area contributed by atoms with Crippen molar-refractivity contribution in [2.24, 2.45) is 5.92 Å². The Kier molecular flexibility index (Phi) is 7.59. The molecule has 0 bridgehead atoms. The van der Waals surface area contributed by atoms with Crippen LogP contribution in [0.1, 0.15) is 41.0 Å². The van der Waals surface area contributed by atoms with Gasteiger partial charge in [-0.05, 0) is 41.0 Å². The molecule has 5 heteroatoms. The van der Waals surface area contributed by atoms with Crippen LogP contribution in [0.15, 0.2) is 0 Å². The summed E-state index contributed by atoms with van der Waals surface area (Å²) in [7, 11) is 0. The fourth-order valence-corrected chi connectivity index (χ4v) is 1.30. The van der Waals surface area contributed by atoms with Gasteiger partial charge in [-0.25, -0.2) is 0 Å². The largest absolute Gasteiger partial charge is 0.465 e. The summed E-state index contributed by atoms with van der Waals surface area (Å²) in [5.74, 6) is -1.99.